The van der Waals surface area contributed by atoms with Crippen LogP contribution in [0.2, 0.25) is 0 Å². The van der Waals surface area contributed by atoms with Crippen LogP contribution < -0.4 is 15.0 Å². The van der Waals surface area contributed by atoms with E-state index in [1.165, 1.54) is 12.1 Å². The van der Waals surface area contributed by atoms with Gasteiger partial charge in [-0.25, -0.2) is 4.39 Å². The summed E-state index contributed by atoms with van der Waals surface area (Å²) < 4.78 is 19.3. The third kappa shape index (κ3) is 4.57. The van der Waals surface area contributed by atoms with Crippen molar-refractivity contribution in [3.05, 3.63) is 64.0 Å². The predicted octanol–water partition coefficient (Wildman–Crippen LogP) is 3.28. The van der Waals surface area contributed by atoms with Crippen LogP contribution in [0.4, 0.5) is 15.8 Å². The van der Waals surface area contributed by atoms with Crippen molar-refractivity contribution < 1.29 is 18.8 Å². The lowest BCUT2D eigenvalue weighted by molar-refractivity contribution is -0.385. The van der Waals surface area contributed by atoms with E-state index < -0.39 is 10.7 Å². The van der Waals surface area contributed by atoms with Crippen molar-refractivity contribution in [3.63, 3.8) is 0 Å². The Morgan fingerprint density at radius 1 is 1.25 bits per heavy atom. The fourth-order valence-electron chi connectivity index (χ4n) is 3.33. The average molecular weight is 387 g/mol. The number of benzene rings is 2. The van der Waals surface area contributed by atoms with Crippen molar-refractivity contribution in [1.82, 2.24) is 5.32 Å². The standard InChI is InChI=1S/C20H22FN3O4/c1-28-17-5-2-14(3-6-17)13-22-20(25)15-8-10-23(11-9-15)19-7-4-16(24(26)27)12-18(19)21/h2-7,12,15H,8-11,13H2,1H3,(H,22,25). The molecule has 28 heavy (non-hydrogen) atoms. The number of anilines is 1. The third-order valence-corrected chi connectivity index (χ3v) is 4.97. The second-order valence-electron chi connectivity index (χ2n) is 6.72. The van der Waals surface area contributed by atoms with Crippen LogP contribution in [0.25, 0.3) is 0 Å². The van der Waals surface area contributed by atoms with Crippen molar-refractivity contribution in [2.45, 2.75) is 19.4 Å². The molecule has 0 atom stereocenters. The number of nitro benzene ring substituents is 1. The molecule has 1 heterocycles. The van der Waals surface area contributed by atoms with Gasteiger partial charge in [0.1, 0.15) is 5.75 Å². The minimum Gasteiger partial charge on any atom is -0.497 e. The molecule has 0 spiro atoms. The van der Waals surface area contributed by atoms with Gasteiger partial charge in [0.25, 0.3) is 5.69 Å². The maximum Gasteiger partial charge on any atom is 0.272 e. The lowest BCUT2D eigenvalue weighted by atomic mass is 9.95. The van der Waals surface area contributed by atoms with E-state index in [4.69, 9.17) is 4.74 Å². The number of halogens is 1. The van der Waals surface area contributed by atoms with Crippen LogP contribution in [0.15, 0.2) is 42.5 Å². The first-order valence-electron chi connectivity index (χ1n) is 9.07. The number of piperidine rings is 1. The lowest BCUT2D eigenvalue weighted by Gasteiger charge is -2.33. The first-order valence-corrected chi connectivity index (χ1v) is 9.07. The molecule has 0 aromatic heterocycles. The number of amides is 1. The molecule has 1 amide bonds. The van der Waals surface area contributed by atoms with Gasteiger partial charge >= 0.3 is 0 Å². The first-order chi connectivity index (χ1) is 13.5. The number of nitrogens with zero attached hydrogens (tertiary/aromatic N) is 2. The predicted molar refractivity (Wildman–Crippen MR) is 103 cm³/mol. The Hall–Kier alpha value is -3.16. The normalized spacial score (nSPS) is 14.6. The molecular weight excluding hydrogens is 365 g/mol. The van der Waals surface area contributed by atoms with Crippen LogP contribution in [0.5, 0.6) is 5.75 Å². The molecule has 2 aromatic rings. The number of nitrogens with one attached hydrogen (secondary N) is 1. The zero-order chi connectivity index (χ0) is 20.1. The maximum absolute atomic E-state index is 14.2. The van der Waals surface area contributed by atoms with E-state index in [2.05, 4.69) is 5.32 Å². The fraction of sp³-hybridized carbons (Fsp3) is 0.350. The Morgan fingerprint density at radius 2 is 1.93 bits per heavy atom. The molecule has 3 rings (SSSR count). The van der Waals surface area contributed by atoms with Crippen molar-refractivity contribution in [2.75, 3.05) is 25.1 Å². The molecule has 148 valence electrons. The molecule has 0 saturated carbocycles. The molecule has 0 unspecified atom stereocenters. The van der Waals surface area contributed by atoms with E-state index in [1.807, 2.05) is 29.2 Å². The number of hydrogen-bond acceptors (Lipinski definition) is 5. The number of hydrogen-bond donors (Lipinski definition) is 1. The summed E-state index contributed by atoms with van der Waals surface area (Å²) in [5.74, 6) is 0.00720. The molecule has 1 aliphatic heterocycles. The maximum atomic E-state index is 14.2. The quantitative estimate of drug-likeness (QED) is 0.607. The van der Waals surface area contributed by atoms with Gasteiger partial charge in [0, 0.05) is 31.6 Å². The van der Waals surface area contributed by atoms with Crippen molar-refractivity contribution in [3.8, 4) is 5.75 Å². The highest BCUT2D eigenvalue weighted by Gasteiger charge is 2.26. The second kappa shape index (κ2) is 8.69. The SMILES string of the molecule is COc1ccc(CNC(=O)C2CCN(c3ccc([N+](=O)[O-])cc3F)CC2)cc1. The molecular formula is C20H22FN3O4. The number of ether oxygens (including phenoxy) is 1. The van der Waals surface area contributed by atoms with Crippen molar-refractivity contribution in [2.24, 2.45) is 5.92 Å². The van der Waals surface area contributed by atoms with Crippen LogP contribution in [0.1, 0.15) is 18.4 Å². The van der Waals surface area contributed by atoms with Gasteiger partial charge in [-0.1, -0.05) is 12.1 Å². The number of non-ortho nitro benzene ring substituents is 1. The number of methoxy groups -OCH3 is 1. The summed E-state index contributed by atoms with van der Waals surface area (Å²) in [4.78, 5) is 24.4. The second-order valence-corrected chi connectivity index (χ2v) is 6.72. The van der Waals surface area contributed by atoms with Gasteiger partial charge in [-0.2, -0.15) is 0 Å². The van der Waals surface area contributed by atoms with Gasteiger partial charge in [0.05, 0.1) is 23.8 Å². The molecule has 1 N–H and O–H groups in total. The van der Waals surface area contributed by atoms with Crippen LogP contribution in [-0.4, -0.2) is 31.0 Å². The summed E-state index contributed by atoms with van der Waals surface area (Å²) in [6.45, 7) is 1.49. The van der Waals surface area contributed by atoms with E-state index >= 15 is 0 Å². The highest BCUT2D eigenvalue weighted by Crippen LogP contribution is 2.28. The molecule has 1 fully saturated rings. The molecule has 0 bridgehead atoms. The topological polar surface area (TPSA) is 84.7 Å². The van der Waals surface area contributed by atoms with Gasteiger partial charge in [0.15, 0.2) is 5.82 Å². The summed E-state index contributed by atoms with van der Waals surface area (Å²) >= 11 is 0. The number of carbonyl (C=O) groups is 1. The Balaban J connectivity index is 1.51. The molecule has 0 aliphatic carbocycles. The molecule has 7 nitrogen and oxygen atoms in total. The molecule has 0 radical (unpaired) electrons. The van der Waals surface area contributed by atoms with E-state index in [9.17, 15) is 19.3 Å². The zero-order valence-electron chi connectivity index (χ0n) is 15.6. The van der Waals surface area contributed by atoms with Gasteiger partial charge < -0.3 is 15.0 Å². The molecule has 8 heteroatoms. The summed E-state index contributed by atoms with van der Waals surface area (Å²) in [5, 5.41) is 13.7. The van der Waals surface area contributed by atoms with Crippen molar-refractivity contribution >= 4 is 17.3 Å². The highest BCUT2D eigenvalue weighted by atomic mass is 19.1. The average Bonchev–Trinajstić information content (AvgIpc) is 2.72. The van der Waals surface area contributed by atoms with E-state index in [-0.39, 0.29) is 17.5 Å². The number of rotatable bonds is 6. The largest absolute Gasteiger partial charge is 0.497 e. The lowest BCUT2D eigenvalue weighted by Crippen LogP contribution is -2.40. The molecule has 1 saturated heterocycles. The molecule has 1 aliphatic rings. The van der Waals surface area contributed by atoms with Crippen LogP contribution in [-0.2, 0) is 11.3 Å². The van der Waals surface area contributed by atoms with Gasteiger partial charge in [-0.3, -0.25) is 14.9 Å². The summed E-state index contributed by atoms with van der Waals surface area (Å²) in [6, 6.07) is 11.2. The Morgan fingerprint density at radius 3 is 2.50 bits per heavy atom. The molecule has 2 aromatic carbocycles. The Kier molecular flexibility index (Phi) is 6.08. The minimum atomic E-state index is -0.619. The highest BCUT2D eigenvalue weighted by molar-refractivity contribution is 5.79. The zero-order valence-corrected chi connectivity index (χ0v) is 15.6. The smallest absolute Gasteiger partial charge is 0.272 e. The number of carbonyl (C=O) groups excluding carboxylic acids is 1. The van der Waals surface area contributed by atoms with Crippen LogP contribution in [0, 0.1) is 21.8 Å². The van der Waals surface area contributed by atoms with E-state index in [1.54, 1.807) is 7.11 Å². The monoisotopic (exact) mass is 387 g/mol. The van der Waals surface area contributed by atoms with Crippen molar-refractivity contribution in [1.29, 1.82) is 0 Å². The van der Waals surface area contributed by atoms with Gasteiger partial charge in [-0.05, 0) is 36.6 Å². The summed E-state index contributed by atoms with van der Waals surface area (Å²) in [6.07, 6.45) is 1.20. The van der Waals surface area contributed by atoms with Gasteiger partial charge in [-0.15, -0.1) is 0 Å². The van der Waals surface area contributed by atoms with Crippen LogP contribution in [0.3, 0.4) is 0 Å². The third-order valence-electron chi connectivity index (χ3n) is 4.97. The summed E-state index contributed by atoms with van der Waals surface area (Å²) in [7, 11) is 1.60. The van der Waals surface area contributed by atoms with Crippen LogP contribution >= 0.6 is 0 Å². The number of nitro groups is 1. The van der Waals surface area contributed by atoms with E-state index in [0.717, 1.165) is 17.4 Å². The Bertz CT molecular complexity index is 849. The van der Waals surface area contributed by atoms with Gasteiger partial charge in [0.2, 0.25) is 5.91 Å². The fourth-order valence-corrected chi connectivity index (χ4v) is 3.33. The van der Waals surface area contributed by atoms with E-state index in [0.29, 0.717) is 38.2 Å². The Labute approximate surface area is 162 Å². The minimum absolute atomic E-state index is 0.0142. The summed E-state index contributed by atoms with van der Waals surface area (Å²) in [5.41, 5.74) is 1.05. The first kappa shape index (κ1) is 19.6.